The molecule has 0 spiro atoms. The minimum absolute atomic E-state index is 0.0525. The van der Waals surface area contributed by atoms with Gasteiger partial charge in [0.2, 0.25) is 0 Å². The predicted molar refractivity (Wildman–Crippen MR) is 85.4 cm³/mol. The van der Waals surface area contributed by atoms with Gasteiger partial charge >= 0.3 is 0 Å². The van der Waals surface area contributed by atoms with Gasteiger partial charge in [-0.3, -0.25) is 9.89 Å². The average molecular weight is 315 g/mol. The van der Waals surface area contributed by atoms with Gasteiger partial charge < -0.3 is 14.4 Å². The van der Waals surface area contributed by atoms with Crippen LogP contribution in [-0.2, 0) is 4.74 Å². The van der Waals surface area contributed by atoms with Crippen LogP contribution in [-0.4, -0.2) is 53.4 Å². The number of aromatic amines is 1. The van der Waals surface area contributed by atoms with E-state index < -0.39 is 5.60 Å². The Morgan fingerprint density at radius 3 is 2.87 bits per heavy atom. The average Bonchev–Trinajstić information content (AvgIpc) is 3.15. The van der Waals surface area contributed by atoms with Gasteiger partial charge in [0, 0.05) is 19.9 Å². The van der Waals surface area contributed by atoms with E-state index in [2.05, 4.69) is 10.2 Å². The van der Waals surface area contributed by atoms with Gasteiger partial charge in [-0.15, -0.1) is 0 Å². The summed E-state index contributed by atoms with van der Waals surface area (Å²) in [5.74, 6) is 0.754. The summed E-state index contributed by atoms with van der Waals surface area (Å²) in [7, 11) is 1.68. The van der Waals surface area contributed by atoms with Crippen molar-refractivity contribution in [1.29, 1.82) is 0 Å². The highest BCUT2D eigenvalue weighted by Gasteiger charge is 2.38. The van der Waals surface area contributed by atoms with Crippen molar-refractivity contribution >= 4 is 5.91 Å². The fourth-order valence-electron chi connectivity index (χ4n) is 2.89. The number of likely N-dealkylation sites (tertiary alicyclic amines) is 1. The number of carbonyl (C=O) groups excluding carboxylic acids is 1. The highest BCUT2D eigenvalue weighted by molar-refractivity contribution is 5.92. The van der Waals surface area contributed by atoms with Crippen LogP contribution in [0.1, 0.15) is 23.3 Å². The number of para-hydroxylation sites is 1. The van der Waals surface area contributed by atoms with Crippen LogP contribution >= 0.6 is 0 Å². The molecule has 122 valence electrons. The number of amides is 1. The Balaban J connectivity index is 1.67. The van der Waals surface area contributed by atoms with Crippen molar-refractivity contribution in [3.8, 4) is 5.75 Å². The maximum absolute atomic E-state index is 12.5. The first-order valence-electron chi connectivity index (χ1n) is 7.74. The lowest BCUT2D eigenvalue weighted by Crippen LogP contribution is -2.54. The third kappa shape index (κ3) is 3.53. The number of aromatic nitrogens is 2. The molecule has 1 aliphatic rings. The second-order valence-corrected chi connectivity index (χ2v) is 5.79. The molecule has 1 amide bonds. The van der Waals surface area contributed by atoms with E-state index in [9.17, 15) is 4.79 Å². The predicted octanol–water partition coefficient (Wildman–Crippen LogP) is 2.11. The van der Waals surface area contributed by atoms with Crippen LogP contribution in [0.5, 0.6) is 5.75 Å². The van der Waals surface area contributed by atoms with E-state index in [-0.39, 0.29) is 5.91 Å². The minimum atomic E-state index is -0.482. The Labute approximate surface area is 135 Å². The van der Waals surface area contributed by atoms with E-state index in [1.54, 1.807) is 24.3 Å². The molecule has 0 radical (unpaired) electrons. The molecule has 0 saturated carbocycles. The molecule has 2 heterocycles. The summed E-state index contributed by atoms with van der Waals surface area (Å²) in [6, 6.07) is 11.3. The number of carbonyl (C=O) groups is 1. The van der Waals surface area contributed by atoms with Gasteiger partial charge in [-0.1, -0.05) is 18.2 Å². The third-order valence-electron chi connectivity index (χ3n) is 4.24. The largest absolute Gasteiger partial charge is 0.491 e. The zero-order valence-electron chi connectivity index (χ0n) is 13.2. The van der Waals surface area contributed by atoms with Crippen LogP contribution in [0.15, 0.2) is 42.6 Å². The molecule has 23 heavy (non-hydrogen) atoms. The first-order chi connectivity index (χ1) is 11.2. The molecule has 6 nitrogen and oxygen atoms in total. The van der Waals surface area contributed by atoms with Crippen molar-refractivity contribution < 1.29 is 14.3 Å². The van der Waals surface area contributed by atoms with E-state index in [1.807, 2.05) is 30.3 Å². The van der Waals surface area contributed by atoms with Gasteiger partial charge in [-0.2, -0.15) is 5.10 Å². The summed E-state index contributed by atoms with van der Waals surface area (Å²) < 4.78 is 11.6. The van der Waals surface area contributed by atoms with E-state index in [0.29, 0.717) is 25.4 Å². The lowest BCUT2D eigenvalue weighted by molar-refractivity contribution is -0.0825. The maximum Gasteiger partial charge on any atom is 0.271 e. The fourth-order valence-corrected chi connectivity index (χ4v) is 2.89. The molecule has 0 aliphatic carbocycles. The molecule has 1 aliphatic heterocycles. The molecule has 1 atom stereocenters. The summed E-state index contributed by atoms with van der Waals surface area (Å²) in [5.41, 5.74) is 0.0184. The highest BCUT2D eigenvalue weighted by Crippen LogP contribution is 2.27. The lowest BCUT2D eigenvalue weighted by Gasteiger charge is -2.41. The summed E-state index contributed by atoms with van der Waals surface area (Å²) in [4.78, 5) is 14.3. The molecular weight excluding hydrogens is 294 g/mol. The zero-order valence-corrected chi connectivity index (χ0v) is 13.2. The number of hydrogen-bond acceptors (Lipinski definition) is 4. The Bertz CT molecular complexity index is 630. The van der Waals surface area contributed by atoms with Crippen LogP contribution in [0, 0.1) is 0 Å². The molecule has 1 saturated heterocycles. The highest BCUT2D eigenvalue weighted by atomic mass is 16.5. The van der Waals surface area contributed by atoms with Crippen LogP contribution < -0.4 is 4.74 Å². The van der Waals surface area contributed by atoms with Gasteiger partial charge in [0.05, 0.1) is 6.54 Å². The topological polar surface area (TPSA) is 67.5 Å². The molecule has 0 unspecified atom stereocenters. The molecule has 6 heteroatoms. The van der Waals surface area contributed by atoms with Crippen LogP contribution in [0.4, 0.5) is 0 Å². The number of hydrogen-bond donors (Lipinski definition) is 1. The van der Waals surface area contributed by atoms with Crippen LogP contribution in [0.3, 0.4) is 0 Å². The Morgan fingerprint density at radius 2 is 2.17 bits per heavy atom. The molecule has 2 aromatic rings. The van der Waals surface area contributed by atoms with E-state index in [0.717, 1.165) is 18.6 Å². The van der Waals surface area contributed by atoms with Gasteiger partial charge in [0.1, 0.15) is 23.7 Å². The number of methoxy groups -OCH3 is 1. The van der Waals surface area contributed by atoms with E-state index in [4.69, 9.17) is 9.47 Å². The normalized spacial score (nSPS) is 21.2. The third-order valence-corrected chi connectivity index (χ3v) is 4.24. The second-order valence-electron chi connectivity index (χ2n) is 5.79. The first-order valence-corrected chi connectivity index (χ1v) is 7.74. The summed E-state index contributed by atoms with van der Waals surface area (Å²) in [6.07, 6.45) is 3.33. The van der Waals surface area contributed by atoms with Crippen molar-refractivity contribution in [3.63, 3.8) is 0 Å². The number of ether oxygens (including phenoxy) is 2. The number of H-pyrrole nitrogens is 1. The van der Waals surface area contributed by atoms with Gasteiger partial charge in [-0.25, -0.2) is 0 Å². The number of rotatable bonds is 5. The van der Waals surface area contributed by atoms with Crippen molar-refractivity contribution in [2.45, 2.75) is 18.4 Å². The number of nitrogens with one attached hydrogen (secondary N) is 1. The van der Waals surface area contributed by atoms with Crippen LogP contribution in [0.2, 0.25) is 0 Å². The maximum atomic E-state index is 12.5. The molecule has 3 rings (SSSR count). The van der Waals surface area contributed by atoms with E-state index >= 15 is 0 Å². The summed E-state index contributed by atoms with van der Waals surface area (Å²) in [5, 5.41) is 6.57. The van der Waals surface area contributed by atoms with E-state index in [1.165, 1.54) is 0 Å². The quantitative estimate of drug-likeness (QED) is 0.917. The number of nitrogens with zero attached hydrogens (tertiary/aromatic N) is 2. The van der Waals surface area contributed by atoms with Gasteiger partial charge in [-0.05, 0) is 31.0 Å². The Kier molecular flexibility index (Phi) is 4.62. The zero-order chi connectivity index (χ0) is 16.1. The standard InChI is InChI=1S/C17H21N3O3/c1-22-17(13-23-14-6-3-2-4-7-14)9-5-11-20(12-17)16(21)15-8-10-18-19-15/h2-4,6-8,10H,5,9,11-13H2,1H3,(H,18,19)/t17-/m1/s1. The number of piperidine rings is 1. The molecule has 1 aromatic heterocycles. The first kappa shape index (κ1) is 15.6. The van der Waals surface area contributed by atoms with Crippen molar-refractivity contribution in [1.82, 2.24) is 15.1 Å². The Hall–Kier alpha value is -2.34. The van der Waals surface area contributed by atoms with Crippen molar-refractivity contribution in [2.24, 2.45) is 0 Å². The van der Waals surface area contributed by atoms with Gasteiger partial charge in [0.25, 0.3) is 5.91 Å². The van der Waals surface area contributed by atoms with Gasteiger partial charge in [0.15, 0.2) is 0 Å². The molecule has 1 aromatic carbocycles. The fraction of sp³-hybridized carbons (Fsp3) is 0.412. The smallest absolute Gasteiger partial charge is 0.271 e. The van der Waals surface area contributed by atoms with Crippen LogP contribution in [0.25, 0.3) is 0 Å². The SMILES string of the molecule is CO[C@]1(COc2ccccc2)CCCN(C(=O)c2ccn[nH]2)C1. The Morgan fingerprint density at radius 1 is 1.35 bits per heavy atom. The number of benzene rings is 1. The molecular formula is C17H21N3O3. The molecule has 1 fully saturated rings. The summed E-state index contributed by atoms with van der Waals surface area (Å²) >= 11 is 0. The monoisotopic (exact) mass is 315 g/mol. The van der Waals surface area contributed by atoms with Crippen molar-refractivity contribution in [3.05, 3.63) is 48.3 Å². The van der Waals surface area contributed by atoms with Crippen molar-refractivity contribution in [2.75, 3.05) is 26.8 Å². The molecule has 0 bridgehead atoms. The second kappa shape index (κ2) is 6.83. The summed E-state index contributed by atoms with van der Waals surface area (Å²) in [6.45, 7) is 1.64. The minimum Gasteiger partial charge on any atom is -0.491 e. The molecule has 1 N–H and O–H groups in total. The lowest BCUT2D eigenvalue weighted by atomic mass is 9.93.